The lowest BCUT2D eigenvalue weighted by Gasteiger charge is -2.01. The van der Waals surface area contributed by atoms with Crippen LogP contribution in [0.2, 0.25) is 0 Å². The van der Waals surface area contributed by atoms with Crippen molar-refractivity contribution in [3.63, 3.8) is 0 Å². The molecule has 0 aromatic heterocycles. The summed E-state index contributed by atoms with van der Waals surface area (Å²) in [4.78, 5) is 11.5. The third-order valence-electron chi connectivity index (χ3n) is 2.96. The number of rotatable bonds is 0. The average Bonchev–Trinajstić information content (AvgIpc) is 2.29. The number of thioether (sulfide) groups is 1. The molecule has 0 aliphatic carbocycles. The summed E-state index contributed by atoms with van der Waals surface area (Å²) >= 11 is 2.01. The molecule has 2 heteroatoms. The molecule has 92 valence electrons. The SMILES string of the molecule is O=C1CC/C=C/CSCCCCCCCC1. The fraction of sp³-hybridized carbons (Fsp3) is 0.786. The first-order chi connectivity index (χ1) is 7.89. The Bertz CT molecular complexity index is 211. The lowest BCUT2D eigenvalue weighted by atomic mass is 10.1. The van der Waals surface area contributed by atoms with E-state index in [1.165, 1.54) is 37.9 Å². The van der Waals surface area contributed by atoms with Gasteiger partial charge in [-0.1, -0.05) is 37.8 Å². The largest absolute Gasteiger partial charge is 0.300 e. The molecule has 0 saturated carbocycles. The Morgan fingerprint density at radius 2 is 1.62 bits per heavy atom. The molecule has 0 bridgehead atoms. The van der Waals surface area contributed by atoms with Crippen molar-refractivity contribution in [3.8, 4) is 0 Å². The molecule has 1 aliphatic rings. The third kappa shape index (κ3) is 7.98. The number of carbonyl (C=O) groups is 1. The number of ketones is 1. The van der Waals surface area contributed by atoms with Crippen LogP contribution in [0.5, 0.6) is 0 Å². The monoisotopic (exact) mass is 240 g/mol. The van der Waals surface area contributed by atoms with Gasteiger partial charge in [0.25, 0.3) is 0 Å². The Hall–Kier alpha value is -0.240. The Labute approximate surface area is 104 Å². The van der Waals surface area contributed by atoms with E-state index >= 15 is 0 Å². The third-order valence-corrected chi connectivity index (χ3v) is 3.97. The molecule has 0 atom stereocenters. The van der Waals surface area contributed by atoms with Gasteiger partial charge in [-0.15, -0.1) is 0 Å². The maximum Gasteiger partial charge on any atom is 0.133 e. The predicted octanol–water partition coefficient (Wildman–Crippen LogP) is 4.37. The topological polar surface area (TPSA) is 17.1 Å². The van der Waals surface area contributed by atoms with Crippen LogP contribution in [-0.4, -0.2) is 17.3 Å². The minimum atomic E-state index is 0.451. The molecule has 0 fully saturated rings. The second-order valence-corrected chi connectivity index (χ2v) is 5.64. The predicted molar refractivity (Wildman–Crippen MR) is 73.0 cm³/mol. The van der Waals surface area contributed by atoms with Crippen molar-refractivity contribution in [2.24, 2.45) is 0 Å². The van der Waals surface area contributed by atoms with E-state index in [1.807, 2.05) is 11.8 Å². The van der Waals surface area contributed by atoms with Gasteiger partial charge in [-0.05, 0) is 25.0 Å². The highest BCUT2D eigenvalue weighted by molar-refractivity contribution is 7.99. The quantitative estimate of drug-likeness (QED) is 0.585. The first-order valence-electron chi connectivity index (χ1n) is 6.64. The number of allylic oxidation sites excluding steroid dienone is 1. The lowest BCUT2D eigenvalue weighted by molar-refractivity contribution is -0.119. The molecule has 1 nitrogen and oxygen atoms in total. The molecule has 0 saturated heterocycles. The highest BCUT2D eigenvalue weighted by Crippen LogP contribution is 2.12. The van der Waals surface area contributed by atoms with Crippen LogP contribution in [0, 0.1) is 0 Å². The van der Waals surface area contributed by atoms with Gasteiger partial charge >= 0.3 is 0 Å². The van der Waals surface area contributed by atoms with E-state index in [0.717, 1.165) is 31.4 Å². The average molecular weight is 240 g/mol. The zero-order valence-corrected chi connectivity index (χ0v) is 11.1. The molecule has 1 aliphatic heterocycles. The van der Waals surface area contributed by atoms with E-state index in [4.69, 9.17) is 0 Å². The highest BCUT2D eigenvalue weighted by atomic mass is 32.2. The minimum absolute atomic E-state index is 0.451. The molecular weight excluding hydrogens is 216 g/mol. The fourth-order valence-corrected chi connectivity index (χ4v) is 2.79. The van der Waals surface area contributed by atoms with Crippen LogP contribution < -0.4 is 0 Å². The zero-order valence-electron chi connectivity index (χ0n) is 10.2. The van der Waals surface area contributed by atoms with Crippen molar-refractivity contribution in [1.29, 1.82) is 0 Å². The molecule has 0 aromatic rings. The van der Waals surface area contributed by atoms with Crippen molar-refractivity contribution in [2.45, 2.75) is 57.8 Å². The van der Waals surface area contributed by atoms with E-state index in [0.29, 0.717) is 5.78 Å². The summed E-state index contributed by atoms with van der Waals surface area (Å²) in [5, 5.41) is 0. The molecule has 16 heavy (non-hydrogen) atoms. The van der Waals surface area contributed by atoms with Gasteiger partial charge in [-0.3, -0.25) is 4.79 Å². The number of hydrogen-bond acceptors (Lipinski definition) is 2. The van der Waals surface area contributed by atoms with Crippen molar-refractivity contribution < 1.29 is 4.79 Å². The van der Waals surface area contributed by atoms with E-state index in [-0.39, 0.29) is 0 Å². The first kappa shape index (κ1) is 13.8. The van der Waals surface area contributed by atoms with Crippen LogP contribution >= 0.6 is 11.8 Å². The summed E-state index contributed by atoms with van der Waals surface area (Å²) in [6.45, 7) is 0. The second-order valence-electron chi connectivity index (χ2n) is 4.49. The van der Waals surface area contributed by atoms with E-state index < -0.39 is 0 Å². The molecule has 1 heterocycles. The maximum atomic E-state index is 11.5. The summed E-state index contributed by atoms with van der Waals surface area (Å²) < 4.78 is 0. The number of carbonyl (C=O) groups excluding carboxylic acids is 1. The molecule has 0 amide bonds. The molecule has 0 unspecified atom stereocenters. The van der Waals surface area contributed by atoms with Gasteiger partial charge in [0.1, 0.15) is 5.78 Å². The van der Waals surface area contributed by atoms with Crippen molar-refractivity contribution in [1.82, 2.24) is 0 Å². The Morgan fingerprint density at radius 3 is 2.50 bits per heavy atom. The fourth-order valence-electron chi connectivity index (χ4n) is 1.94. The second kappa shape index (κ2) is 9.95. The van der Waals surface area contributed by atoms with E-state index in [9.17, 15) is 4.79 Å². The first-order valence-corrected chi connectivity index (χ1v) is 7.79. The van der Waals surface area contributed by atoms with Gasteiger partial charge in [0.2, 0.25) is 0 Å². The van der Waals surface area contributed by atoms with Crippen LogP contribution in [0.1, 0.15) is 57.8 Å². The van der Waals surface area contributed by atoms with Crippen molar-refractivity contribution in [3.05, 3.63) is 12.2 Å². The Kier molecular flexibility index (Phi) is 8.60. The highest BCUT2D eigenvalue weighted by Gasteiger charge is 2.00. The summed E-state index contributed by atoms with van der Waals surface area (Å²) in [7, 11) is 0. The molecular formula is C14H24OS. The molecule has 1 rings (SSSR count). The van der Waals surface area contributed by atoms with Crippen LogP contribution in [0.15, 0.2) is 12.2 Å². The minimum Gasteiger partial charge on any atom is -0.300 e. The van der Waals surface area contributed by atoms with Gasteiger partial charge < -0.3 is 0 Å². The summed E-state index contributed by atoms with van der Waals surface area (Å²) in [6, 6.07) is 0. The van der Waals surface area contributed by atoms with Crippen LogP contribution in [0.4, 0.5) is 0 Å². The summed E-state index contributed by atoms with van der Waals surface area (Å²) in [5.41, 5.74) is 0. The van der Waals surface area contributed by atoms with Gasteiger partial charge in [-0.2, -0.15) is 11.8 Å². The molecule has 0 spiro atoms. The smallest absolute Gasteiger partial charge is 0.133 e. The Balaban J connectivity index is 2.20. The van der Waals surface area contributed by atoms with Crippen LogP contribution in [0.3, 0.4) is 0 Å². The summed E-state index contributed by atoms with van der Waals surface area (Å²) in [6.07, 6.45) is 14.6. The Morgan fingerprint density at radius 1 is 0.875 bits per heavy atom. The van der Waals surface area contributed by atoms with E-state index in [2.05, 4.69) is 12.2 Å². The normalized spacial score (nSPS) is 24.4. The van der Waals surface area contributed by atoms with Crippen LogP contribution in [0.25, 0.3) is 0 Å². The zero-order chi connectivity index (χ0) is 11.5. The summed E-state index contributed by atoms with van der Waals surface area (Å²) in [5.74, 6) is 2.87. The van der Waals surface area contributed by atoms with Crippen LogP contribution in [-0.2, 0) is 4.79 Å². The standard InChI is InChI=1S/C14H24OS/c15-14-10-6-3-1-2-4-8-12-16-13-9-5-7-11-14/h5,9H,1-4,6-8,10-13H2/b9-5+. The number of hydrogen-bond donors (Lipinski definition) is 0. The lowest BCUT2D eigenvalue weighted by Crippen LogP contribution is -1.96. The van der Waals surface area contributed by atoms with E-state index in [1.54, 1.807) is 0 Å². The molecule has 0 aromatic carbocycles. The van der Waals surface area contributed by atoms with Crippen molar-refractivity contribution >= 4 is 17.5 Å². The maximum absolute atomic E-state index is 11.5. The van der Waals surface area contributed by atoms with Gasteiger partial charge in [0.15, 0.2) is 0 Å². The van der Waals surface area contributed by atoms with Crippen molar-refractivity contribution in [2.75, 3.05) is 11.5 Å². The van der Waals surface area contributed by atoms with Gasteiger partial charge in [-0.25, -0.2) is 0 Å². The molecule has 0 radical (unpaired) electrons. The van der Waals surface area contributed by atoms with Gasteiger partial charge in [0.05, 0.1) is 0 Å². The molecule has 0 N–H and O–H groups in total. The van der Waals surface area contributed by atoms with Gasteiger partial charge in [0, 0.05) is 18.6 Å². The number of Topliss-reactive ketones (excluding diaryl/α,β-unsaturated/α-hetero) is 1.